The molecule has 2 heterocycles. The van der Waals surface area contributed by atoms with Gasteiger partial charge in [0.05, 0.1) is 21.2 Å². The van der Waals surface area contributed by atoms with Crippen molar-refractivity contribution in [3.8, 4) is 5.75 Å². The van der Waals surface area contributed by atoms with Crippen molar-refractivity contribution >= 4 is 37.8 Å². The van der Waals surface area contributed by atoms with E-state index in [1.807, 2.05) is 42.1 Å². The molecular weight excluding hydrogens is 478 g/mol. The van der Waals surface area contributed by atoms with Crippen LogP contribution in [0.1, 0.15) is 28.9 Å². The predicted octanol–water partition coefficient (Wildman–Crippen LogP) is 4.87. The van der Waals surface area contributed by atoms with Crippen molar-refractivity contribution in [2.75, 3.05) is 7.05 Å². The summed E-state index contributed by atoms with van der Waals surface area (Å²) >= 11 is 6.91. The average Bonchev–Trinajstić information content (AvgIpc) is 3.27. The number of benzene rings is 1. The Bertz CT molecular complexity index is 936. The molecule has 0 saturated carbocycles. The number of nitrogens with zero attached hydrogens (tertiary/aromatic N) is 3. The Kier molecular flexibility index (Phi) is 6.38. The van der Waals surface area contributed by atoms with Gasteiger partial charge in [-0.3, -0.25) is 9.48 Å². The molecule has 0 fully saturated rings. The summed E-state index contributed by atoms with van der Waals surface area (Å²) in [5.74, 6) is 1.36. The highest BCUT2D eigenvalue weighted by Crippen LogP contribution is 2.25. The van der Waals surface area contributed by atoms with Crippen LogP contribution in [-0.2, 0) is 19.7 Å². The van der Waals surface area contributed by atoms with E-state index in [1.54, 1.807) is 24.1 Å². The Morgan fingerprint density at radius 2 is 2.00 bits per heavy atom. The summed E-state index contributed by atoms with van der Waals surface area (Å²) in [6.45, 7) is 3.41. The van der Waals surface area contributed by atoms with Crippen LogP contribution in [0.3, 0.4) is 0 Å². The third-order valence-corrected chi connectivity index (χ3v) is 5.24. The van der Waals surface area contributed by atoms with Crippen LogP contribution in [0, 0.1) is 0 Å². The molecular formula is C19H19Br2N3O3. The molecule has 8 heteroatoms. The number of ether oxygens (including phenoxy) is 1. The normalized spacial score (nSPS) is 10.8. The first-order valence-electron chi connectivity index (χ1n) is 8.41. The van der Waals surface area contributed by atoms with Crippen LogP contribution in [0.2, 0.25) is 0 Å². The van der Waals surface area contributed by atoms with Crippen LogP contribution in [-0.4, -0.2) is 27.6 Å². The van der Waals surface area contributed by atoms with Gasteiger partial charge in [0.25, 0.3) is 5.91 Å². The Morgan fingerprint density at radius 3 is 2.70 bits per heavy atom. The summed E-state index contributed by atoms with van der Waals surface area (Å²) in [5.41, 5.74) is 0.803. The zero-order chi connectivity index (χ0) is 19.4. The minimum Gasteiger partial charge on any atom is -0.484 e. The fraction of sp³-hybridized carbons (Fsp3) is 0.263. The van der Waals surface area contributed by atoms with E-state index in [1.165, 1.54) is 0 Å². The van der Waals surface area contributed by atoms with E-state index in [2.05, 4.69) is 37.0 Å². The van der Waals surface area contributed by atoms with Crippen LogP contribution in [0.15, 0.2) is 56.0 Å². The van der Waals surface area contributed by atoms with E-state index in [-0.39, 0.29) is 18.3 Å². The maximum atomic E-state index is 12.6. The number of rotatable bonds is 7. The molecule has 0 unspecified atom stereocenters. The lowest BCUT2D eigenvalue weighted by Crippen LogP contribution is -2.26. The summed E-state index contributed by atoms with van der Waals surface area (Å²) in [4.78, 5) is 14.2. The lowest BCUT2D eigenvalue weighted by molar-refractivity contribution is 0.0747. The van der Waals surface area contributed by atoms with Crippen molar-refractivity contribution in [1.29, 1.82) is 0 Å². The molecule has 0 aliphatic heterocycles. The molecule has 3 aromatic rings. The van der Waals surface area contributed by atoms with Crippen molar-refractivity contribution in [1.82, 2.24) is 14.7 Å². The van der Waals surface area contributed by atoms with Gasteiger partial charge < -0.3 is 14.1 Å². The van der Waals surface area contributed by atoms with Crippen molar-refractivity contribution in [2.45, 2.75) is 26.6 Å². The summed E-state index contributed by atoms with van der Waals surface area (Å²) in [6.07, 6.45) is 1.90. The topological polar surface area (TPSA) is 60.5 Å². The van der Waals surface area contributed by atoms with Gasteiger partial charge in [-0.15, -0.1) is 0 Å². The van der Waals surface area contributed by atoms with Gasteiger partial charge in [-0.05, 0) is 63.0 Å². The Labute approximate surface area is 174 Å². The number of carbonyl (C=O) groups is 1. The molecule has 3 rings (SSSR count). The second kappa shape index (κ2) is 8.75. The van der Waals surface area contributed by atoms with Gasteiger partial charge in [0.15, 0.2) is 5.76 Å². The third kappa shape index (κ3) is 4.81. The molecule has 1 amide bonds. The second-order valence-electron chi connectivity index (χ2n) is 5.93. The summed E-state index contributed by atoms with van der Waals surface area (Å²) < 4.78 is 14.9. The van der Waals surface area contributed by atoms with Gasteiger partial charge in [-0.1, -0.05) is 12.1 Å². The number of aryl methyl sites for hydroxylation is 1. The molecule has 6 nitrogen and oxygen atoms in total. The highest BCUT2D eigenvalue weighted by Gasteiger charge is 2.19. The van der Waals surface area contributed by atoms with E-state index in [4.69, 9.17) is 9.15 Å². The lowest BCUT2D eigenvalue weighted by Gasteiger charge is -2.14. The number of hydrogen-bond donors (Lipinski definition) is 0. The molecule has 0 atom stereocenters. The molecule has 0 spiro atoms. The molecule has 27 heavy (non-hydrogen) atoms. The van der Waals surface area contributed by atoms with E-state index in [0.29, 0.717) is 12.3 Å². The summed E-state index contributed by atoms with van der Waals surface area (Å²) in [6, 6.07) is 11.0. The van der Waals surface area contributed by atoms with Gasteiger partial charge in [-0.2, -0.15) is 5.10 Å². The third-order valence-electron chi connectivity index (χ3n) is 3.92. The first-order valence-corrected chi connectivity index (χ1v) is 10.00. The monoisotopic (exact) mass is 495 g/mol. The minimum atomic E-state index is -0.208. The molecule has 0 N–H and O–H groups in total. The number of furan rings is 1. The van der Waals surface area contributed by atoms with Crippen molar-refractivity contribution in [2.24, 2.45) is 0 Å². The van der Waals surface area contributed by atoms with Gasteiger partial charge in [0.2, 0.25) is 0 Å². The highest BCUT2D eigenvalue weighted by atomic mass is 79.9. The molecule has 142 valence electrons. The van der Waals surface area contributed by atoms with E-state index >= 15 is 0 Å². The van der Waals surface area contributed by atoms with Crippen molar-refractivity contribution < 1.29 is 13.9 Å². The fourth-order valence-electron chi connectivity index (χ4n) is 2.47. The maximum Gasteiger partial charge on any atom is 0.289 e. The molecule has 2 aromatic heterocycles. The fourth-order valence-corrected chi connectivity index (χ4v) is 3.31. The molecule has 0 bridgehead atoms. The van der Waals surface area contributed by atoms with E-state index in [9.17, 15) is 4.79 Å². The van der Waals surface area contributed by atoms with Crippen molar-refractivity contribution in [3.63, 3.8) is 0 Å². The SMILES string of the molecule is CCn1cc(Br)c(CN(C)C(=O)c2ccc(COc3ccccc3Br)o2)n1. The zero-order valence-electron chi connectivity index (χ0n) is 15.0. The first kappa shape index (κ1) is 19.7. The van der Waals surface area contributed by atoms with Gasteiger partial charge in [0.1, 0.15) is 18.1 Å². The predicted molar refractivity (Wildman–Crippen MR) is 109 cm³/mol. The maximum absolute atomic E-state index is 12.6. The van der Waals surface area contributed by atoms with E-state index in [0.717, 1.165) is 26.9 Å². The number of amides is 1. The van der Waals surface area contributed by atoms with Gasteiger partial charge in [0, 0.05) is 19.8 Å². The second-order valence-corrected chi connectivity index (χ2v) is 7.63. The quantitative estimate of drug-likeness (QED) is 0.468. The summed E-state index contributed by atoms with van der Waals surface area (Å²) in [5, 5.41) is 4.44. The standard InChI is InChI=1S/C19H19Br2N3O3/c1-3-24-10-15(21)16(22-24)11-23(2)19(25)18-9-8-13(27-18)12-26-17-7-5-4-6-14(17)20/h4-10H,3,11-12H2,1-2H3. The first-order chi connectivity index (χ1) is 13.0. The van der Waals surface area contributed by atoms with Crippen LogP contribution in [0.4, 0.5) is 0 Å². The number of para-hydroxylation sites is 1. The Hall–Kier alpha value is -2.06. The van der Waals surface area contributed by atoms with Crippen LogP contribution in [0.5, 0.6) is 5.75 Å². The zero-order valence-corrected chi connectivity index (χ0v) is 18.2. The van der Waals surface area contributed by atoms with E-state index < -0.39 is 0 Å². The molecule has 0 aliphatic carbocycles. The number of halogens is 2. The average molecular weight is 497 g/mol. The number of hydrogen-bond acceptors (Lipinski definition) is 4. The van der Waals surface area contributed by atoms with Crippen LogP contribution >= 0.6 is 31.9 Å². The largest absolute Gasteiger partial charge is 0.484 e. The minimum absolute atomic E-state index is 0.208. The molecule has 0 saturated heterocycles. The lowest BCUT2D eigenvalue weighted by atomic mass is 10.3. The molecule has 0 aliphatic rings. The van der Waals surface area contributed by atoms with Gasteiger partial charge in [-0.25, -0.2) is 0 Å². The molecule has 0 radical (unpaired) electrons. The van der Waals surface area contributed by atoms with Gasteiger partial charge >= 0.3 is 0 Å². The smallest absolute Gasteiger partial charge is 0.289 e. The number of carbonyl (C=O) groups excluding carboxylic acids is 1. The van der Waals surface area contributed by atoms with Crippen molar-refractivity contribution in [3.05, 3.63) is 68.8 Å². The Morgan fingerprint density at radius 1 is 1.22 bits per heavy atom. The molecule has 1 aromatic carbocycles. The van der Waals surface area contributed by atoms with Crippen LogP contribution < -0.4 is 4.74 Å². The van der Waals surface area contributed by atoms with Crippen LogP contribution in [0.25, 0.3) is 0 Å². The number of aromatic nitrogens is 2. The summed E-state index contributed by atoms with van der Waals surface area (Å²) in [7, 11) is 1.72. The highest BCUT2D eigenvalue weighted by molar-refractivity contribution is 9.10. The Balaban J connectivity index is 1.62.